The predicted molar refractivity (Wildman–Crippen MR) is 241 cm³/mol. The Morgan fingerprint density at radius 2 is 0.344 bits per heavy atom. The van der Waals surface area contributed by atoms with Gasteiger partial charge in [-0.1, -0.05) is 135 Å². The van der Waals surface area contributed by atoms with Crippen molar-refractivity contribution in [1.29, 1.82) is 0 Å². The molecule has 0 aromatic heterocycles. The molecule has 0 aromatic carbocycles. The van der Waals surface area contributed by atoms with Crippen LogP contribution in [0.5, 0.6) is 0 Å². The van der Waals surface area contributed by atoms with E-state index in [1.54, 1.807) is 0 Å². The smallest absolute Gasteiger partial charge is 0.373 e. The molecule has 4 bridgehead atoms. The van der Waals surface area contributed by atoms with Gasteiger partial charge >= 0.3 is 61.9 Å². The normalized spacial score (nSPS) is 45.7. The Morgan fingerprint density at radius 1 is 0.197 bits per heavy atom. The minimum Gasteiger partial charge on any atom is -0.373 e. The molecule has 0 N–H and O–H groups in total. The van der Waals surface area contributed by atoms with Crippen LogP contribution in [0, 0.1) is 0 Å². The van der Waals surface area contributed by atoms with Crippen LogP contribution in [0.3, 0.4) is 0 Å². The van der Waals surface area contributed by atoms with E-state index in [4.69, 9.17) is 37.0 Å². The highest BCUT2D eigenvalue weighted by Gasteiger charge is 2.83. The van der Waals surface area contributed by atoms with Crippen LogP contribution in [0.15, 0.2) is 0 Å². The lowest BCUT2D eigenvalue weighted by Crippen LogP contribution is -2.84. The molecule has 0 amide bonds. The molecule has 7 aliphatic carbocycles. The monoisotopic (exact) mass is 978 g/mol. The van der Waals surface area contributed by atoms with Crippen molar-refractivity contribution in [3.05, 3.63) is 0 Å². The lowest BCUT2D eigenvalue weighted by Gasteiger charge is -2.62. The average Bonchev–Trinajstić information content (AvgIpc) is 3.29. The highest BCUT2D eigenvalue weighted by molar-refractivity contribution is 6.99. The van der Waals surface area contributed by atoms with E-state index in [-0.39, 0.29) is 22.2 Å². The first-order valence-electron chi connectivity index (χ1n) is 26.0. The second-order valence-electron chi connectivity index (χ2n) is 21.4. The summed E-state index contributed by atoms with van der Waals surface area (Å²) in [7, 11) is -32.7. The number of halogens is 3. The maximum Gasteiger partial charge on any atom is 0.528 e. The Bertz CT molecular complexity index is 1300. The molecule has 10 fully saturated rings. The molecule has 19 heteroatoms. The maximum atomic E-state index is 19.8. The summed E-state index contributed by atoms with van der Waals surface area (Å²) in [6.07, 6.45) is 29.2. The molecular weight excluding hydrogens is 902 g/mol. The molecule has 0 aromatic rings. The van der Waals surface area contributed by atoms with E-state index in [1.807, 2.05) is 0 Å². The second-order valence-corrected chi connectivity index (χ2v) is 42.8. The maximum absolute atomic E-state index is 19.8. The third-order valence-corrected chi connectivity index (χ3v) is 48.5. The van der Waals surface area contributed by atoms with E-state index >= 15 is 12.3 Å². The van der Waals surface area contributed by atoms with Crippen LogP contribution in [0.2, 0.25) is 38.8 Å². The zero-order valence-corrected chi connectivity index (χ0v) is 44.1. The van der Waals surface area contributed by atoms with Crippen molar-refractivity contribution in [2.24, 2.45) is 0 Å². The lowest BCUT2D eigenvalue weighted by atomic mass is 10.0. The molecule has 3 saturated heterocycles. The van der Waals surface area contributed by atoms with Crippen molar-refractivity contribution in [3.63, 3.8) is 0 Å². The first kappa shape index (κ1) is 45.7. The van der Waals surface area contributed by atoms with Crippen LogP contribution in [-0.4, -0.2) is 61.9 Å². The van der Waals surface area contributed by atoms with Crippen LogP contribution < -0.4 is 0 Å². The Labute approximate surface area is 373 Å². The molecule has 348 valence electrons. The lowest BCUT2D eigenvalue weighted by molar-refractivity contribution is -0.00292. The molecule has 0 atom stereocenters. The van der Waals surface area contributed by atoms with Gasteiger partial charge in [-0.25, -0.2) is 12.3 Å². The molecule has 61 heavy (non-hydrogen) atoms. The molecular formula is C42H77F3O9Si7. The molecule has 0 unspecified atom stereocenters. The Morgan fingerprint density at radius 3 is 0.525 bits per heavy atom. The van der Waals surface area contributed by atoms with Gasteiger partial charge in [-0.3, -0.25) is 0 Å². The van der Waals surface area contributed by atoms with Crippen LogP contribution in [0.1, 0.15) is 225 Å². The van der Waals surface area contributed by atoms with Gasteiger partial charge in [0, 0.05) is 38.8 Å². The second kappa shape index (κ2) is 18.8. The number of hydrogen-bond acceptors (Lipinski definition) is 9. The van der Waals surface area contributed by atoms with Crippen LogP contribution in [0.25, 0.3) is 0 Å². The summed E-state index contributed by atoms with van der Waals surface area (Å²) in [5.74, 6) is 0. The fraction of sp³-hybridized carbons (Fsp3) is 1.00. The van der Waals surface area contributed by atoms with E-state index in [0.717, 1.165) is 148 Å². The molecule has 3 heterocycles. The van der Waals surface area contributed by atoms with E-state index in [2.05, 4.69) is 0 Å². The zero-order chi connectivity index (χ0) is 41.7. The van der Waals surface area contributed by atoms with Crippen molar-refractivity contribution in [1.82, 2.24) is 0 Å². The summed E-state index contributed by atoms with van der Waals surface area (Å²) in [6, 6.07) is 0. The van der Waals surface area contributed by atoms with E-state index in [9.17, 15) is 0 Å². The topological polar surface area (TPSA) is 83.1 Å². The largest absolute Gasteiger partial charge is 0.528 e. The molecule has 10 aliphatic rings. The fourth-order valence-corrected chi connectivity index (χ4v) is 55.7. The van der Waals surface area contributed by atoms with Crippen molar-refractivity contribution < 1.29 is 49.4 Å². The molecule has 7 saturated carbocycles. The minimum absolute atomic E-state index is 0.204. The first-order valence-corrected chi connectivity index (χ1v) is 38.5. The average molecular weight is 980 g/mol. The summed E-state index contributed by atoms with van der Waals surface area (Å²) >= 11 is 0. The number of fused-ring (bicyclic) bond motifs is 3. The van der Waals surface area contributed by atoms with E-state index < -0.39 is 78.5 Å². The molecule has 10 rings (SSSR count). The highest BCUT2D eigenvalue weighted by atomic mass is 28.6. The van der Waals surface area contributed by atoms with Gasteiger partial charge in [0.25, 0.3) is 0 Å². The van der Waals surface area contributed by atoms with Crippen molar-refractivity contribution in [3.8, 4) is 0 Å². The summed E-state index contributed by atoms with van der Waals surface area (Å²) in [5.41, 5.74) is -2.83. The van der Waals surface area contributed by atoms with Gasteiger partial charge in [0.2, 0.25) is 0 Å². The number of hydrogen-bond donors (Lipinski definition) is 0. The summed E-state index contributed by atoms with van der Waals surface area (Å²) in [4.78, 5) is 0. The fourth-order valence-electron chi connectivity index (χ4n) is 13.7. The van der Waals surface area contributed by atoms with Crippen LogP contribution in [0.4, 0.5) is 12.3 Å². The summed E-state index contributed by atoms with van der Waals surface area (Å²) in [5, 5.41) is 0. The molecule has 9 nitrogen and oxygen atoms in total. The van der Waals surface area contributed by atoms with Gasteiger partial charge < -0.3 is 37.0 Å². The van der Waals surface area contributed by atoms with Crippen LogP contribution in [-0.2, 0) is 37.0 Å². The summed E-state index contributed by atoms with van der Waals surface area (Å²) in [6.45, 7) is 0. The first-order chi connectivity index (χ1) is 29.6. The summed E-state index contributed by atoms with van der Waals surface area (Å²) < 4.78 is 129. The Balaban J connectivity index is 1.25. The Hall–Kier alpha value is 0.948. The van der Waals surface area contributed by atoms with Gasteiger partial charge in [0.1, 0.15) is 0 Å². The molecule has 3 aliphatic heterocycles. The van der Waals surface area contributed by atoms with Crippen molar-refractivity contribution in [2.75, 3.05) is 0 Å². The van der Waals surface area contributed by atoms with E-state index in [0.29, 0.717) is 77.0 Å². The van der Waals surface area contributed by atoms with Gasteiger partial charge in [0.05, 0.1) is 0 Å². The van der Waals surface area contributed by atoms with E-state index in [1.165, 1.54) is 0 Å². The third kappa shape index (κ3) is 9.05. The number of rotatable bonds is 7. The SMILES string of the molecule is F[Si]1(C2CCCCC2)O[Si]2(C3CCCCC3)O[Si](F)(C3CCCCC3)O[Si]3(C4CCCCC4)O[Si](F)(C4CCCCC4)O[Si](C4CCCCC4)(O1)O[Si](C1CCCCC1)(O2)O3. The van der Waals surface area contributed by atoms with Crippen LogP contribution >= 0.6 is 0 Å². The van der Waals surface area contributed by atoms with Gasteiger partial charge in [-0.15, -0.1) is 0 Å². The van der Waals surface area contributed by atoms with Gasteiger partial charge in [0.15, 0.2) is 0 Å². The van der Waals surface area contributed by atoms with Gasteiger partial charge in [-0.05, 0) is 89.9 Å². The van der Waals surface area contributed by atoms with Crippen molar-refractivity contribution in [2.45, 2.75) is 264 Å². The highest BCUT2D eigenvalue weighted by Crippen LogP contribution is 2.62. The Kier molecular flexibility index (Phi) is 14.1. The minimum atomic E-state index is -4.99. The van der Waals surface area contributed by atoms with Gasteiger partial charge in [-0.2, -0.15) is 0 Å². The molecule has 0 spiro atoms. The third-order valence-electron chi connectivity index (χ3n) is 17.2. The van der Waals surface area contributed by atoms with Crippen molar-refractivity contribution >= 4 is 61.9 Å². The standard InChI is InChI=1S/C42H77F3O9Si7/c43-55(36-22-8-1-9-23-36)46-58(39-28-14-4-15-29-39)48-56(44,37-24-10-2-11-25-37)50-60(41-32-18-6-19-33-41)51-57(45,38-26-12-3-13-27-38)49-59(47-55,40-30-16-5-17-31-40)53-61(52-58,54-60)42-34-20-7-21-35-42/h36-42H,1-35H2. The molecule has 0 radical (unpaired) electrons. The quantitative estimate of drug-likeness (QED) is 0.183. The predicted octanol–water partition coefficient (Wildman–Crippen LogP) is 14.0. The zero-order valence-electron chi connectivity index (χ0n) is 37.1.